The van der Waals surface area contributed by atoms with Crippen LogP contribution in [-0.4, -0.2) is 28.7 Å². The van der Waals surface area contributed by atoms with Gasteiger partial charge in [-0.15, -0.1) is 0 Å². The number of carbonyl (C=O) groups excluding carboxylic acids is 1. The van der Waals surface area contributed by atoms with E-state index < -0.39 is 0 Å². The van der Waals surface area contributed by atoms with E-state index in [1.807, 2.05) is 42.1 Å². The van der Waals surface area contributed by atoms with E-state index in [1.54, 1.807) is 18.3 Å². The molecule has 6 nitrogen and oxygen atoms in total. The Morgan fingerprint density at radius 3 is 2.88 bits per heavy atom. The Labute approximate surface area is 155 Å². The largest absolute Gasteiger partial charge is 0.486 e. The second-order valence-corrected chi connectivity index (χ2v) is 6.29. The van der Waals surface area contributed by atoms with Gasteiger partial charge in [0.25, 0.3) is 5.91 Å². The molecule has 1 aromatic heterocycles. The number of rotatable bonds is 3. The van der Waals surface area contributed by atoms with E-state index in [9.17, 15) is 4.79 Å². The molecule has 0 saturated carbocycles. The maximum Gasteiger partial charge on any atom is 0.255 e. The zero-order valence-electron chi connectivity index (χ0n) is 14.0. The summed E-state index contributed by atoms with van der Waals surface area (Å²) < 4.78 is 12.9. The number of imidazole rings is 1. The van der Waals surface area contributed by atoms with Crippen molar-refractivity contribution in [3.8, 4) is 22.9 Å². The van der Waals surface area contributed by atoms with E-state index in [0.717, 1.165) is 11.4 Å². The lowest BCUT2D eigenvalue weighted by molar-refractivity contribution is 0.102. The molecule has 0 fully saturated rings. The van der Waals surface area contributed by atoms with Gasteiger partial charge in [0, 0.05) is 36.3 Å². The molecule has 2 heterocycles. The molecule has 0 radical (unpaired) electrons. The third kappa shape index (κ3) is 3.11. The van der Waals surface area contributed by atoms with Crippen LogP contribution in [0.3, 0.4) is 0 Å². The highest BCUT2D eigenvalue weighted by molar-refractivity contribution is 6.32. The van der Waals surface area contributed by atoms with E-state index in [2.05, 4.69) is 10.3 Å². The predicted molar refractivity (Wildman–Crippen MR) is 99.0 cm³/mol. The molecule has 1 aliphatic rings. The molecule has 0 bridgehead atoms. The normalized spacial score (nSPS) is 12.7. The minimum Gasteiger partial charge on any atom is -0.486 e. The van der Waals surface area contributed by atoms with Gasteiger partial charge in [0.1, 0.15) is 19.0 Å². The van der Waals surface area contributed by atoms with E-state index in [-0.39, 0.29) is 5.91 Å². The van der Waals surface area contributed by atoms with E-state index in [0.29, 0.717) is 41.0 Å². The first-order valence-corrected chi connectivity index (χ1v) is 8.48. The Hall–Kier alpha value is -2.99. The third-order valence-electron chi connectivity index (χ3n) is 4.06. The zero-order valence-corrected chi connectivity index (χ0v) is 14.8. The Morgan fingerprint density at radius 2 is 2.08 bits per heavy atom. The van der Waals surface area contributed by atoms with Crippen molar-refractivity contribution >= 4 is 23.2 Å². The number of carbonyl (C=O) groups is 1. The number of fused-ring (bicyclic) bond motifs is 1. The molecule has 0 atom stereocenters. The number of halogens is 1. The minimum atomic E-state index is -0.277. The Morgan fingerprint density at radius 1 is 1.23 bits per heavy atom. The van der Waals surface area contributed by atoms with Crippen molar-refractivity contribution < 1.29 is 14.3 Å². The number of hydrogen-bond acceptors (Lipinski definition) is 4. The molecule has 2 aromatic carbocycles. The lowest BCUT2D eigenvalue weighted by Gasteiger charge is -2.20. The summed E-state index contributed by atoms with van der Waals surface area (Å²) in [5, 5.41) is 3.24. The summed E-state index contributed by atoms with van der Waals surface area (Å²) in [5.41, 5.74) is 1.98. The Balaban J connectivity index is 1.59. The van der Waals surface area contributed by atoms with Crippen LogP contribution in [-0.2, 0) is 7.05 Å². The van der Waals surface area contributed by atoms with Gasteiger partial charge < -0.3 is 19.4 Å². The highest BCUT2D eigenvalue weighted by Gasteiger charge is 2.19. The Kier molecular flexibility index (Phi) is 4.26. The molecule has 4 rings (SSSR count). The fourth-order valence-corrected chi connectivity index (χ4v) is 3.09. The van der Waals surface area contributed by atoms with Gasteiger partial charge in [0.15, 0.2) is 11.5 Å². The number of anilines is 1. The number of amides is 1. The first-order chi connectivity index (χ1) is 12.6. The monoisotopic (exact) mass is 369 g/mol. The van der Waals surface area contributed by atoms with Crippen molar-refractivity contribution in [1.82, 2.24) is 9.55 Å². The second-order valence-electron chi connectivity index (χ2n) is 5.88. The fraction of sp³-hybridized carbons (Fsp3) is 0.158. The quantitative estimate of drug-likeness (QED) is 0.763. The van der Waals surface area contributed by atoms with Gasteiger partial charge in [-0.3, -0.25) is 4.79 Å². The summed E-state index contributed by atoms with van der Waals surface area (Å²) in [4.78, 5) is 17.0. The SMILES string of the molecule is Cn1ccnc1-c1cccc(NC(=O)c2cc(Cl)c3c(c2)OCCO3)c1. The molecule has 3 aromatic rings. The lowest BCUT2D eigenvalue weighted by atomic mass is 10.1. The highest BCUT2D eigenvalue weighted by Crippen LogP contribution is 2.38. The van der Waals surface area contributed by atoms with Crippen molar-refractivity contribution in [2.45, 2.75) is 0 Å². The van der Waals surface area contributed by atoms with Crippen molar-refractivity contribution in [2.75, 3.05) is 18.5 Å². The molecular formula is C19H16ClN3O3. The number of nitrogens with one attached hydrogen (secondary N) is 1. The summed E-state index contributed by atoms with van der Waals surface area (Å²) in [6.07, 6.45) is 3.61. The van der Waals surface area contributed by atoms with E-state index >= 15 is 0 Å². The van der Waals surface area contributed by atoms with E-state index in [1.165, 1.54) is 0 Å². The fourth-order valence-electron chi connectivity index (χ4n) is 2.83. The van der Waals surface area contributed by atoms with Crippen LogP contribution < -0.4 is 14.8 Å². The maximum atomic E-state index is 12.6. The molecule has 0 unspecified atom stereocenters. The summed E-state index contributed by atoms with van der Waals surface area (Å²) in [7, 11) is 1.92. The number of nitrogens with zero attached hydrogens (tertiary/aromatic N) is 2. The molecule has 0 aliphatic carbocycles. The molecule has 132 valence electrons. The molecule has 0 saturated heterocycles. The number of benzene rings is 2. The van der Waals surface area contributed by atoms with Crippen LogP contribution in [0.15, 0.2) is 48.8 Å². The molecular weight excluding hydrogens is 354 g/mol. The number of aromatic nitrogens is 2. The maximum absolute atomic E-state index is 12.6. The summed E-state index contributed by atoms with van der Waals surface area (Å²) >= 11 is 6.21. The molecule has 1 aliphatic heterocycles. The zero-order chi connectivity index (χ0) is 18.1. The Bertz CT molecular complexity index is 984. The smallest absolute Gasteiger partial charge is 0.255 e. The topological polar surface area (TPSA) is 65.4 Å². The first-order valence-electron chi connectivity index (χ1n) is 8.10. The first kappa shape index (κ1) is 16.5. The van der Waals surface area contributed by atoms with Gasteiger partial charge in [-0.1, -0.05) is 23.7 Å². The molecule has 26 heavy (non-hydrogen) atoms. The van der Waals surface area contributed by atoms with Crippen molar-refractivity contribution in [3.05, 3.63) is 59.4 Å². The van der Waals surface area contributed by atoms with Crippen LogP contribution in [0.25, 0.3) is 11.4 Å². The van der Waals surface area contributed by atoms with Gasteiger partial charge in [-0.2, -0.15) is 0 Å². The minimum absolute atomic E-state index is 0.277. The second kappa shape index (κ2) is 6.72. The number of ether oxygens (including phenoxy) is 2. The molecule has 1 amide bonds. The van der Waals surface area contributed by atoms with Crippen LogP contribution in [0.2, 0.25) is 5.02 Å². The van der Waals surface area contributed by atoms with Gasteiger partial charge in [0.2, 0.25) is 0 Å². The third-order valence-corrected chi connectivity index (χ3v) is 4.34. The van der Waals surface area contributed by atoms with Gasteiger partial charge in [-0.05, 0) is 24.3 Å². The van der Waals surface area contributed by atoms with Crippen LogP contribution in [0.1, 0.15) is 10.4 Å². The molecule has 0 spiro atoms. The van der Waals surface area contributed by atoms with E-state index in [4.69, 9.17) is 21.1 Å². The summed E-state index contributed by atoms with van der Waals surface area (Å²) in [6, 6.07) is 10.7. The molecule has 1 N–H and O–H groups in total. The van der Waals surface area contributed by atoms with Crippen molar-refractivity contribution in [2.24, 2.45) is 7.05 Å². The lowest BCUT2D eigenvalue weighted by Crippen LogP contribution is -2.17. The van der Waals surface area contributed by atoms with Gasteiger partial charge >= 0.3 is 0 Å². The average molecular weight is 370 g/mol. The van der Waals surface area contributed by atoms with Gasteiger partial charge in [0.05, 0.1) is 5.02 Å². The average Bonchev–Trinajstić information content (AvgIpc) is 3.08. The summed E-state index contributed by atoms with van der Waals surface area (Å²) in [6.45, 7) is 0.873. The van der Waals surface area contributed by atoms with Crippen LogP contribution >= 0.6 is 11.6 Å². The predicted octanol–water partition coefficient (Wildman–Crippen LogP) is 3.76. The highest BCUT2D eigenvalue weighted by atomic mass is 35.5. The van der Waals surface area contributed by atoms with Crippen LogP contribution in [0.4, 0.5) is 5.69 Å². The molecule has 7 heteroatoms. The van der Waals surface area contributed by atoms with Crippen molar-refractivity contribution in [1.29, 1.82) is 0 Å². The van der Waals surface area contributed by atoms with Gasteiger partial charge in [-0.25, -0.2) is 4.98 Å². The standard InChI is InChI=1S/C19H16ClN3O3/c1-23-6-5-21-18(23)12-3-2-4-14(9-12)22-19(24)13-10-15(20)17-16(11-13)25-7-8-26-17/h2-6,9-11H,7-8H2,1H3,(H,22,24). The van der Waals surface area contributed by atoms with Crippen molar-refractivity contribution in [3.63, 3.8) is 0 Å². The number of hydrogen-bond donors (Lipinski definition) is 1. The van der Waals surface area contributed by atoms with Crippen LogP contribution in [0, 0.1) is 0 Å². The summed E-state index contributed by atoms with van der Waals surface area (Å²) in [5.74, 6) is 1.51. The van der Waals surface area contributed by atoms with Crippen LogP contribution in [0.5, 0.6) is 11.5 Å². The number of aryl methyl sites for hydroxylation is 1.